The molecule has 1 aromatic carbocycles. The van der Waals surface area contributed by atoms with Crippen LogP contribution in [0, 0.1) is 5.82 Å². The quantitative estimate of drug-likeness (QED) is 0.546. The van der Waals surface area contributed by atoms with Crippen molar-refractivity contribution < 1.29 is 22.0 Å². The van der Waals surface area contributed by atoms with Gasteiger partial charge >= 0.3 is 0 Å². The van der Waals surface area contributed by atoms with Crippen LogP contribution in [-0.2, 0) is 34.3 Å². The topological polar surface area (TPSA) is 90.5 Å². The number of hydrogen-bond acceptors (Lipinski definition) is 6. The van der Waals surface area contributed by atoms with Crippen LogP contribution in [0.25, 0.3) is 11.4 Å². The number of benzene rings is 1. The molecule has 8 nitrogen and oxygen atoms in total. The third-order valence-electron chi connectivity index (χ3n) is 4.95. The maximum atomic E-state index is 14.2. The Morgan fingerprint density at radius 2 is 2.14 bits per heavy atom. The predicted molar refractivity (Wildman–Crippen MR) is 102 cm³/mol. The molecule has 10 heteroatoms. The van der Waals surface area contributed by atoms with Gasteiger partial charge in [0.25, 0.3) is 0 Å². The van der Waals surface area contributed by atoms with E-state index in [0.717, 1.165) is 23.7 Å². The smallest absolute Gasteiger partial charge is 0.246 e. The molecule has 0 spiro atoms. The zero-order chi connectivity index (χ0) is 20.4. The number of aryl methyl sites for hydroxylation is 1. The minimum absolute atomic E-state index is 0.0957. The second-order valence-corrected chi connectivity index (χ2v) is 8.64. The Balaban J connectivity index is 1.70. The Morgan fingerprint density at radius 3 is 2.86 bits per heavy atom. The summed E-state index contributed by atoms with van der Waals surface area (Å²) in [6.07, 6.45) is 4.04. The van der Waals surface area contributed by atoms with Gasteiger partial charge in [-0.1, -0.05) is 12.1 Å². The van der Waals surface area contributed by atoms with Crippen LogP contribution in [0.1, 0.15) is 17.7 Å². The molecule has 0 amide bonds. The van der Waals surface area contributed by atoms with E-state index >= 15 is 0 Å². The maximum Gasteiger partial charge on any atom is 0.246 e. The first kappa shape index (κ1) is 19.7. The minimum atomic E-state index is -3.98. The number of oxazole rings is 1. The summed E-state index contributed by atoms with van der Waals surface area (Å²) in [4.78, 5) is 3.85. The number of hydrogen-bond donors (Lipinski definition) is 0. The van der Waals surface area contributed by atoms with E-state index in [-0.39, 0.29) is 18.0 Å². The Hall–Kier alpha value is -2.56. The second kappa shape index (κ2) is 8.05. The highest BCUT2D eigenvalue weighted by Crippen LogP contribution is 2.32. The van der Waals surface area contributed by atoms with Gasteiger partial charge in [0.05, 0.1) is 0 Å². The normalized spacial score (nSPS) is 14.8. The van der Waals surface area contributed by atoms with E-state index in [1.54, 1.807) is 7.11 Å². The van der Waals surface area contributed by atoms with Gasteiger partial charge in [-0.15, -0.1) is 0 Å². The fourth-order valence-electron chi connectivity index (χ4n) is 3.54. The van der Waals surface area contributed by atoms with Crippen LogP contribution < -0.4 is 0 Å². The summed E-state index contributed by atoms with van der Waals surface area (Å²) in [5.74, 6) is -0.759. The van der Waals surface area contributed by atoms with Crippen molar-refractivity contribution in [3.63, 3.8) is 0 Å². The van der Waals surface area contributed by atoms with Crippen LogP contribution in [0.5, 0.6) is 0 Å². The van der Waals surface area contributed by atoms with Crippen molar-refractivity contribution in [2.24, 2.45) is 0 Å². The molecular formula is C19H21FN4O4S. The summed E-state index contributed by atoms with van der Waals surface area (Å²) < 4.78 is 53.6. The molecule has 0 N–H and O–H groups in total. The lowest BCUT2D eigenvalue weighted by molar-refractivity contribution is 0.188. The Labute approximate surface area is 168 Å². The third-order valence-corrected chi connectivity index (χ3v) is 6.83. The van der Waals surface area contributed by atoms with Gasteiger partial charge in [-0.05, 0) is 18.6 Å². The van der Waals surface area contributed by atoms with E-state index in [4.69, 9.17) is 9.15 Å². The van der Waals surface area contributed by atoms with Crippen molar-refractivity contribution in [1.82, 2.24) is 19.1 Å². The van der Waals surface area contributed by atoms with Gasteiger partial charge < -0.3 is 9.15 Å². The average molecular weight is 420 g/mol. The molecule has 1 aliphatic heterocycles. The van der Waals surface area contributed by atoms with E-state index in [2.05, 4.69) is 10.1 Å². The summed E-state index contributed by atoms with van der Waals surface area (Å²) >= 11 is 0. The summed E-state index contributed by atoms with van der Waals surface area (Å²) in [5, 5.41) is 4.66. The molecule has 0 radical (unpaired) electrons. The molecule has 0 atom stereocenters. The number of nitrogens with zero attached hydrogens (tertiary/aromatic N) is 4. The number of sulfonamides is 1. The highest BCUT2D eigenvalue weighted by molar-refractivity contribution is 7.89. The second-order valence-electron chi connectivity index (χ2n) is 6.74. The van der Waals surface area contributed by atoms with Crippen LogP contribution in [-0.4, -0.2) is 47.7 Å². The number of rotatable bonds is 7. The lowest BCUT2D eigenvalue weighted by Gasteiger charge is -2.27. The minimum Gasteiger partial charge on any atom is -0.451 e. The number of halogens is 1. The van der Waals surface area contributed by atoms with Crippen LogP contribution >= 0.6 is 0 Å². The van der Waals surface area contributed by atoms with E-state index in [1.807, 2.05) is 4.68 Å². The molecular weight excluding hydrogens is 399 g/mol. The van der Waals surface area contributed by atoms with E-state index in [9.17, 15) is 12.8 Å². The number of methoxy groups -OCH3 is 1. The van der Waals surface area contributed by atoms with Crippen molar-refractivity contribution in [3.8, 4) is 11.4 Å². The first-order valence-corrected chi connectivity index (χ1v) is 10.7. The SMILES string of the molecule is COCCCn1nc(-c2cocn2)c2c1CCN(S(=O)(=O)c1ccccc1F)C2. The zero-order valence-corrected chi connectivity index (χ0v) is 16.7. The molecule has 3 aromatic rings. The lowest BCUT2D eigenvalue weighted by Crippen LogP contribution is -2.36. The van der Waals surface area contributed by atoms with Gasteiger partial charge in [0.15, 0.2) is 6.39 Å². The fraction of sp³-hybridized carbons (Fsp3) is 0.368. The van der Waals surface area contributed by atoms with Crippen molar-refractivity contribution in [2.75, 3.05) is 20.3 Å². The van der Waals surface area contributed by atoms with Crippen LogP contribution in [0.15, 0.2) is 46.2 Å². The largest absolute Gasteiger partial charge is 0.451 e. The number of ether oxygens (including phenoxy) is 1. The van der Waals surface area contributed by atoms with Crippen molar-refractivity contribution in [2.45, 2.75) is 30.8 Å². The standard InChI is InChI=1S/C19H21FN4O4S/c1-27-10-4-8-24-17-7-9-23(29(25,26)18-6-3-2-5-15(18)20)11-14(17)19(22-24)16-12-28-13-21-16/h2-3,5-6,12-13H,4,7-11H2,1H3. The Bertz CT molecular complexity index is 1100. The Kier molecular flexibility index (Phi) is 5.48. The molecule has 29 heavy (non-hydrogen) atoms. The summed E-state index contributed by atoms with van der Waals surface area (Å²) in [7, 11) is -2.33. The molecule has 0 aliphatic carbocycles. The molecule has 0 unspecified atom stereocenters. The molecule has 1 aliphatic rings. The average Bonchev–Trinajstić information content (AvgIpc) is 3.36. The van der Waals surface area contributed by atoms with Crippen LogP contribution in [0.3, 0.4) is 0 Å². The highest BCUT2D eigenvalue weighted by Gasteiger charge is 2.34. The number of aromatic nitrogens is 3. The van der Waals surface area contributed by atoms with Crippen LogP contribution in [0.4, 0.5) is 4.39 Å². The summed E-state index contributed by atoms with van der Waals surface area (Å²) in [6, 6.07) is 5.42. The first-order valence-electron chi connectivity index (χ1n) is 9.23. The molecule has 3 heterocycles. The predicted octanol–water partition coefficient (Wildman–Crippen LogP) is 2.46. The van der Waals surface area contributed by atoms with Gasteiger partial charge in [0.2, 0.25) is 10.0 Å². The Morgan fingerprint density at radius 1 is 1.31 bits per heavy atom. The summed E-state index contributed by atoms with van der Waals surface area (Å²) in [6.45, 7) is 1.59. The van der Waals surface area contributed by atoms with Crippen molar-refractivity contribution in [1.29, 1.82) is 0 Å². The van der Waals surface area contributed by atoms with Crippen molar-refractivity contribution in [3.05, 3.63) is 54.0 Å². The lowest BCUT2D eigenvalue weighted by atomic mass is 10.1. The maximum absolute atomic E-state index is 14.2. The fourth-order valence-corrected chi connectivity index (χ4v) is 5.02. The third kappa shape index (κ3) is 3.70. The van der Waals surface area contributed by atoms with Gasteiger partial charge in [0.1, 0.15) is 28.4 Å². The molecule has 0 saturated heterocycles. The van der Waals surface area contributed by atoms with Crippen LogP contribution in [0.2, 0.25) is 0 Å². The first-order chi connectivity index (χ1) is 14.0. The van der Waals surface area contributed by atoms with Gasteiger partial charge in [-0.2, -0.15) is 9.40 Å². The highest BCUT2D eigenvalue weighted by atomic mass is 32.2. The molecule has 0 saturated carbocycles. The zero-order valence-electron chi connectivity index (χ0n) is 15.9. The molecule has 154 valence electrons. The molecule has 4 rings (SSSR count). The van der Waals surface area contributed by atoms with E-state index < -0.39 is 15.8 Å². The molecule has 2 aromatic heterocycles. The molecule has 0 fully saturated rings. The van der Waals surface area contributed by atoms with Gasteiger partial charge in [-0.25, -0.2) is 17.8 Å². The van der Waals surface area contributed by atoms with Gasteiger partial charge in [-0.3, -0.25) is 4.68 Å². The monoisotopic (exact) mass is 420 g/mol. The van der Waals surface area contributed by atoms with Crippen molar-refractivity contribution >= 4 is 10.0 Å². The van der Waals surface area contributed by atoms with E-state index in [1.165, 1.54) is 35.2 Å². The molecule has 0 bridgehead atoms. The van der Waals surface area contributed by atoms with Gasteiger partial charge in [0, 0.05) is 51.0 Å². The summed E-state index contributed by atoms with van der Waals surface area (Å²) in [5.41, 5.74) is 2.85. The number of fused-ring (bicyclic) bond motifs is 1. The van der Waals surface area contributed by atoms with E-state index in [0.29, 0.717) is 31.0 Å².